The summed E-state index contributed by atoms with van der Waals surface area (Å²) in [6.45, 7) is 3.96. The van der Waals surface area contributed by atoms with E-state index in [1.165, 1.54) is 0 Å². The van der Waals surface area contributed by atoms with Crippen LogP contribution in [0.3, 0.4) is 0 Å². The van der Waals surface area contributed by atoms with E-state index in [-0.39, 0.29) is 11.5 Å². The second kappa shape index (κ2) is 8.58. The highest BCUT2D eigenvalue weighted by Gasteiger charge is 2.37. The Kier molecular flexibility index (Phi) is 5.70. The molecule has 0 saturated heterocycles. The Bertz CT molecular complexity index is 1240. The number of rotatable bonds is 4. The van der Waals surface area contributed by atoms with Crippen molar-refractivity contribution in [3.8, 4) is 6.07 Å². The van der Waals surface area contributed by atoms with Crippen molar-refractivity contribution in [3.63, 3.8) is 0 Å². The molecule has 2 aromatic carbocycles. The summed E-state index contributed by atoms with van der Waals surface area (Å²) in [4.78, 5) is 5.47. The van der Waals surface area contributed by atoms with Crippen molar-refractivity contribution in [2.75, 3.05) is 0 Å². The summed E-state index contributed by atoms with van der Waals surface area (Å²) in [6.07, 6.45) is 1.64. The van der Waals surface area contributed by atoms with Crippen LogP contribution in [0.2, 0.25) is 0 Å². The molecule has 0 aliphatic carbocycles. The van der Waals surface area contributed by atoms with Crippen LogP contribution in [0, 0.1) is 25.2 Å². The number of nitriles is 1. The fraction of sp³-hybridized carbons (Fsp3) is 0.120. The van der Waals surface area contributed by atoms with Crippen molar-refractivity contribution < 1.29 is 8.95 Å². The van der Waals surface area contributed by atoms with E-state index in [2.05, 4.69) is 11.1 Å². The lowest BCUT2D eigenvalue weighted by Crippen LogP contribution is -2.23. The molecule has 2 N–H and O–H groups in total. The molecule has 2 heterocycles. The number of nitrogens with zero attached hydrogens (tertiary/aromatic N) is 2. The fourth-order valence-corrected chi connectivity index (χ4v) is 4.89. The van der Waals surface area contributed by atoms with Gasteiger partial charge in [-0.15, -0.1) is 0 Å². The minimum Gasteiger partial charge on any atom is -0.437 e. The summed E-state index contributed by atoms with van der Waals surface area (Å²) >= 11 is 0. The van der Waals surface area contributed by atoms with E-state index in [1.54, 1.807) is 18.3 Å². The molecule has 6 heteroatoms. The molecule has 2 atom stereocenters. The highest BCUT2D eigenvalue weighted by molar-refractivity contribution is 7.89. The number of benzene rings is 2. The van der Waals surface area contributed by atoms with E-state index < -0.39 is 16.7 Å². The van der Waals surface area contributed by atoms with Gasteiger partial charge in [-0.1, -0.05) is 53.6 Å². The molecule has 3 aromatic rings. The Balaban J connectivity index is 1.99. The topological polar surface area (TPSA) is 89.0 Å². The molecule has 31 heavy (non-hydrogen) atoms. The number of hydrogen-bond donors (Lipinski definition) is 1. The Morgan fingerprint density at radius 1 is 1.00 bits per heavy atom. The van der Waals surface area contributed by atoms with Gasteiger partial charge in [0.1, 0.15) is 17.3 Å². The third-order valence-corrected chi connectivity index (χ3v) is 6.64. The van der Waals surface area contributed by atoms with Gasteiger partial charge in [-0.25, -0.2) is 4.21 Å². The van der Waals surface area contributed by atoms with Crippen LogP contribution in [-0.2, 0) is 15.5 Å². The molecule has 0 spiro atoms. The van der Waals surface area contributed by atoms with Crippen molar-refractivity contribution in [3.05, 3.63) is 112 Å². The van der Waals surface area contributed by atoms with E-state index >= 15 is 0 Å². The Labute approximate surface area is 184 Å². The highest BCUT2D eigenvalue weighted by atomic mass is 32.2. The van der Waals surface area contributed by atoms with Gasteiger partial charge in [0.15, 0.2) is 5.76 Å². The zero-order chi connectivity index (χ0) is 22.0. The summed E-state index contributed by atoms with van der Waals surface area (Å²) in [5.74, 6) is -0.293. The van der Waals surface area contributed by atoms with Crippen molar-refractivity contribution >= 4 is 16.6 Å². The lowest BCUT2D eigenvalue weighted by molar-refractivity contribution is 0.357. The highest BCUT2D eigenvalue weighted by Crippen LogP contribution is 2.44. The molecule has 0 radical (unpaired) electrons. The van der Waals surface area contributed by atoms with Gasteiger partial charge < -0.3 is 10.5 Å². The molecular weight excluding hydrogens is 406 g/mol. The molecule has 1 aliphatic rings. The van der Waals surface area contributed by atoms with E-state index in [4.69, 9.17) is 10.5 Å². The van der Waals surface area contributed by atoms with Crippen LogP contribution in [0.1, 0.15) is 28.3 Å². The van der Waals surface area contributed by atoms with Gasteiger partial charge >= 0.3 is 0 Å². The first-order chi connectivity index (χ1) is 15.0. The lowest BCUT2D eigenvalue weighted by atomic mass is 9.88. The van der Waals surface area contributed by atoms with Crippen LogP contribution in [0.15, 0.2) is 94.2 Å². The molecule has 1 aliphatic heterocycles. The largest absolute Gasteiger partial charge is 0.437 e. The van der Waals surface area contributed by atoms with E-state index in [9.17, 15) is 9.47 Å². The van der Waals surface area contributed by atoms with Gasteiger partial charge in [-0.2, -0.15) is 5.26 Å². The number of hydrogen-bond acceptors (Lipinski definition) is 5. The number of aromatic nitrogens is 1. The third-order valence-electron chi connectivity index (χ3n) is 5.12. The van der Waals surface area contributed by atoms with E-state index in [0.29, 0.717) is 21.3 Å². The monoisotopic (exact) mass is 427 g/mol. The zero-order valence-electron chi connectivity index (χ0n) is 17.2. The van der Waals surface area contributed by atoms with Gasteiger partial charge in [0.2, 0.25) is 5.88 Å². The van der Waals surface area contributed by atoms with Crippen molar-refractivity contribution in [1.82, 2.24) is 4.98 Å². The first-order valence-electron chi connectivity index (χ1n) is 9.77. The first-order valence-corrected chi connectivity index (χ1v) is 10.9. The average molecular weight is 428 g/mol. The van der Waals surface area contributed by atoms with Gasteiger partial charge in [0.05, 0.1) is 21.6 Å². The van der Waals surface area contributed by atoms with E-state index in [1.807, 2.05) is 68.4 Å². The second-order valence-corrected chi connectivity index (χ2v) is 8.77. The first kappa shape index (κ1) is 20.6. The minimum absolute atomic E-state index is 0.00150. The van der Waals surface area contributed by atoms with Crippen molar-refractivity contribution in [2.24, 2.45) is 5.73 Å². The summed E-state index contributed by atoms with van der Waals surface area (Å²) in [6, 6.07) is 22.8. The molecule has 0 bridgehead atoms. The normalized spacial score (nSPS) is 17.1. The smallest absolute Gasteiger partial charge is 0.205 e. The van der Waals surface area contributed by atoms with Crippen LogP contribution >= 0.6 is 0 Å². The number of nitrogens with two attached hydrogens (primary N) is 1. The van der Waals surface area contributed by atoms with Gasteiger partial charge in [0.25, 0.3) is 0 Å². The summed E-state index contributed by atoms with van der Waals surface area (Å²) in [7, 11) is -1.61. The SMILES string of the molecule is Cc1ccc(C2C(C#N)=C(N)OC(c3ccccn3)=C2S(=O)c2ccc(C)cc2)cc1. The van der Waals surface area contributed by atoms with Crippen molar-refractivity contribution in [2.45, 2.75) is 24.7 Å². The average Bonchev–Trinajstić information content (AvgIpc) is 2.79. The van der Waals surface area contributed by atoms with Crippen LogP contribution in [0.5, 0.6) is 0 Å². The van der Waals surface area contributed by atoms with Gasteiger partial charge in [-0.3, -0.25) is 4.98 Å². The third kappa shape index (κ3) is 4.00. The van der Waals surface area contributed by atoms with Crippen LogP contribution < -0.4 is 5.73 Å². The van der Waals surface area contributed by atoms with Crippen LogP contribution in [-0.4, -0.2) is 9.19 Å². The maximum absolute atomic E-state index is 13.9. The fourth-order valence-electron chi connectivity index (χ4n) is 3.47. The number of aryl methyl sites for hydroxylation is 2. The molecule has 1 aromatic heterocycles. The number of pyridine rings is 1. The Hall–Kier alpha value is -3.69. The molecule has 154 valence electrons. The zero-order valence-corrected chi connectivity index (χ0v) is 18.0. The van der Waals surface area contributed by atoms with Crippen molar-refractivity contribution in [1.29, 1.82) is 5.26 Å². The maximum atomic E-state index is 13.9. The predicted molar refractivity (Wildman–Crippen MR) is 121 cm³/mol. The quantitative estimate of drug-likeness (QED) is 0.653. The molecule has 0 amide bonds. The molecule has 0 saturated carbocycles. The van der Waals surface area contributed by atoms with Gasteiger partial charge in [-0.05, 0) is 43.7 Å². The number of allylic oxidation sites excluding steroid dienone is 2. The Morgan fingerprint density at radius 3 is 2.23 bits per heavy atom. The maximum Gasteiger partial charge on any atom is 0.205 e. The second-order valence-electron chi connectivity index (χ2n) is 7.33. The van der Waals surface area contributed by atoms with E-state index in [0.717, 1.165) is 16.7 Å². The number of ether oxygens (including phenoxy) is 1. The molecule has 2 unspecified atom stereocenters. The predicted octanol–water partition coefficient (Wildman–Crippen LogP) is 4.68. The van der Waals surface area contributed by atoms with Gasteiger partial charge in [0, 0.05) is 11.1 Å². The summed E-state index contributed by atoms with van der Waals surface area (Å²) in [5.41, 5.74) is 9.88. The molecule has 4 rings (SSSR count). The summed E-state index contributed by atoms with van der Waals surface area (Å²) in [5, 5.41) is 9.91. The molecule has 5 nitrogen and oxygen atoms in total. The standard InChI is InChI=1S/C25H21N3O2S/c1-16-6-10-18(11-7-16)22-20(15-26)25(27)30-23(21-5-3-4-14-28-21)24(22)31(29)19-12-8-17(2)9-13-19/h3-14,22H,27H2,1-2H3. The van der Waals surface area contributed by atoms with Crippen LogP contribution in [0.25, 0.3) is 5.76 Å². The minimum atomic E-state index is -1.61. The molecular formula is C25H21N3O2S. The Morgan fingerprint density at radius 2 is 1.65 bits per heavy atom. The summed E-state index contributed by atoms with van der Waals surface area (Å²) < 4.78 is 19.8. The lowest BCUT2D eigenvalue weighted by Gasteiger charge is -2.28. The molecule has 0 fully saturated rings. The van der Waals surface area contributed by atoms with Crippen LogP contribution in [0.4, 0.5) is 0 Å².